The Kier molecular flexibility index (Phi) is 5.34. The van der Waals surface area contributed by atoms with Gasteiger partial charge in [-0.25, -0.2) is 4.98 Å². The lowest BCUT2D eigenvalue weighted by Crippen LogP contribution is -2.41. The topological polar surface area (TPSA) is 71.5 Å². The number of amides is 2. The number of fused-ring (bicyclic) bond motifs is 1. The van der Waals surface area contributed by atoms with Crippen molar-refractivity contribution in [3.8, 4) is 17.0 Å². The van der Waals surface area contributed by atoms with Gasteiger partial charge in [0.2, 0.25) is 5.91 Å². The molecular weight excluding hydrogens is 374 g/mol. The summed E-state index contributed by atoms with van der Waals surface area (Å²) >= 11 is 1.52. The molecule has 1 aliphatic heterocycles. The summed E-state index contributed by atoms with van der Waals surface area (Å²) in [6.45, 7) is 0.697. The van der Waals surface area contributed by atoms with E-state index in [0.717, 1.165) is 16.3 Å². The highest BCUT2D eigenvalue weighted by molar-refractivity contribution is 7.09. The van der Waals surface area contributed by atoms with E-state index in [0.29, 0.717) is 24.5 Å². The molecule has 142 valence electrons. The first-order chi connectivity index (χ1) is 13.7. The van der Waals surface area contributed by atoms with Crippen molar-refractivity contribution in [2.45, 2.75) is 13.0 Å². The number of benzene rings is 2. The molecule has 0 radical (unpaired) electrons. The van der Waals surface area contributed by atoms with E-state index in [9.17, 15) is 9.59 Å². The summed E-state index contributed by atoms with van der Waals surface area (Å²) in [6.07, 6.45) is 0.219. The largest absolute Gasteiger partial charge is 0.482 e. The quantitative estimate of drug-likeness (QED) is 0.698. The number of para-hydroxylation sites is 2. The molecule has 0 fully saturated rings. The molecular formula is C21H19N3O3S. The van der Waals surface area contributed by atoms with Crippen molar-refractivity contribution in [3.63, 3.8) is 0 Å². The Balaban J connectivity index is 1.31. The maximum Gasteiger partial charge on any atom is 0.265 e. The molecule has 0 saturated heterocycles. The summed E-state index contributed by atoms with van der Waals surface area (Å²) in [4.78, 5) is 30.6. The number of carbonyl (C=O) groups excluding carboxylic acids is 2. The minimum atomic E-state index is -0.140. The van der Waals surface area contributed by atoms with Crippen LogP contribution in [0.25, 0.3) is 11.3 Å². The number of carbonyl (C=O) groups is 2. The Morgan fingerprint density at radius 3 is 2.79 bits per heavy atom. The monoisotopic (exact) mass is 393 g/mol. The zero-order valence-electron chi connectivity index (χ0n) is 15.1. The molecule has 2 amide bonds. The van der Waals surface area contributed by atoms with Gasteiger partial charge in [0.25, 0.3) is 5.91 Å². The van der Waals surface area contributed by atoms with Crippen molar-refractivity contribution in [2.75, 3.05) is 18.1 Å². The lowest BCUT2D eigenvalue weighted by molar-refractivity contribution is -0.122. The molecule has 0 bridgehead atoms. The molecule has 7 heteroatoms. The van der Waals surface area contributed by atoms with Gasteiger partial charge in [-0.15, -0.1) is 11.3 Å². The second-order valence-corrected chi connectivity index (χ2v) is 7.26. The lowest BCUT2D eigenvalue weighted by Gasteiger charge is -2.29. The van der Waals surface area contributed by atoms with Crippen LogP contribution in [0.4, 0.5) is 5.69 Å². The van der Waals surface area contributed by atoms with Crippen LogP contribution in [0.3, 0.4) is 0 Å². The van der Waals surface area contributed by atoms with Crippen LogP contribution < -0.4 is 15.0 Å². The smallest absolute Gasteiger partial charge is 0.265 e. The van der Waals surface area contributed by atoms with Crippen LogP contribution in [0.15, 0.2) is 60.0 Å². The van der Waals surface area contributed by atoms with Gasteiger partial charge in [0.05, 0.1) is 17.9 Å². The zero-order chi connectivity index (χ0) is 19.3. The fourth-order valence-electron chi connectivity index (χ4n) is 3.01. The van der Waals surface area contributed by atoms with Crippen LogP contribution in [0.5, 0.6) is 5.75 Å². The first-order valence-electron chi connectivity index (χ1n) is 8.99. The van der Waals surface area contributed by atoms with E-state index in [4.69, 9.17) is 4.74 Å². The van der Waals surface area contributed by atoms with E-state index in [2.05, 4.69) is 10.3 Å². The van der Waals surface area contributed by atoms with Gasteiger partial charge in [-0.2, -0.15) is 0 Å². The first kappa shape index (κ1) is 18.2. The SMILES string of the molecule is O=C(CCN1C(=O)COc2ccccc21)NCc1nc(-c2ccccc2)cs1. The van der Waals surface area contributed by atoms with Crippen molar-refractivity contribution < 1.29 is 14.3 Å². The molecule has 1 aliphatic rings. The molecule has 1 aromatic heterocycles. The minimum Gasteiger partial charge on any atom is -0.482 e. The number of nitrogens with one attached hydrogen (secondary N) is 1. The van der Waals surface area contributed by atoms with Gasteiger partial charge in [0, 0.05) is 23.9 Å². The van der Waals surface area contributed by atoms with E-state index >= 15 is 0 Å². The molecule has 4 rings (SSSR count). The van der Waals surface area contributed by atoms with Gasteiger partial charge in [-0.1, -0.05) is 42.5 Å². The molecule has 0 spiro atoms. The molecule has 2 aromatic carbocycles. The Morgan fingerprint density at radius 1 is 1.14 bits per heavy atom. The number of nitrogens with zero attached hydrogens (tertiary/aromatic N) is 2. The van der Waals surface area contributed by atoms with Gasteiger partial charge >= 0.3 is 0 Å². The van der Waals surface area contributed by atoms with Crippen LogP contribution in [0, 0.1) is 0 Å². The Morgan fingerprint density at radius 2 is 1.93 bits per heavy atom. The molecule has 28 heavy (non-hydrogen) atoms. The maximum atomic E-state index is 12.3. The van der Waals surface area contributed by atoms with Crippen LogP contribution in [-0.2, 0) is 16.1 Å². The molecule has 2 heterocycles. The average Bonchev–Trinajstić information content (AvgIpc) is 3.21. The fourth-order valence-corrected chi connectivity index (χ4v) is 3.75. The molecule has 3 aromatic rings. The van der Waals surface area contributed by atoms with Crippen LogP contribution in [-0.4, -0.2) is 29.9 Å². The summed E-state index contributed by atoms with van der Waals surface area (Å²) in [6, 6.07) is 17.3. The summed E-state index contributed by atoms with van der Waals surface area (Å²) in [5.41, 5.74) is 2.67. The molecule has 0 saturated carbocycles. The standard InChI is InChI=1S/C21H19N3O3S/c25-19(10-11-24-17-8-4-5-9-18(17)27-13-21(24)26)22-12-20-23-16(14-28-20)15-6-2-1-3-7-15/h1-9,14H,10-13H2,(H,22,25). The number of hydrogen-bond donors (Lipinski definition) is 1. The number of aromatic nitrogens is 1. The third-order valence-electron chi connectivity index (χ3n) is 4.43. The second kappa shape index (κ2) is 8.22. The highest BCUT2D eigenvalue weighted by atomic mass is 32.1. The van der Waals surface area contributed by atoms with Gasteiger partial charge in [-0.05, 0) is 12.1 Å². The number of thiazole rings is 1. The maximum absolute atomic E-state index is 12.3. The molecule has 0 unspecified atom stereocenters. The van der Waals surface area contributed by atoms with Crippen LogP contribution in [0.2, 0.25) is 0 Å². The number of hydrogen-bond acceptors (Lipinski definition) is 5. The number of anilines is 1. The van der Waals surface area contributed by atoms with Crippen LogP contribution in [0.1, 0.15) is 11.4 Å². The first-order valence-corrected chi connectivity index (χ1v) is 9.87. The van der Waals surface area contributed by atoms with Gasteiger partial charge in [0.1, 0.15) is 10.8 Å². The van der Waals surface area contributed by atoms with E-state index in [1.807, 2.05) is 60.0 Å². The highest BCUT2D eigenvalue weighted by Crippen LogP contribution is 2.31. The van der Waals surface area contributed by atoms with Crippen molar-refractivity contribution in [1.82, 2.24) is 10.3 Å². The third-order valence-corrected chi connectivity index (χ3v) is 5.28. The Labute approximate surface area is 166 Å². The summed E-state index contributed by atoms with van der Waals surface area (Å²) in [5, 5.41) is 5.72. The minimum absolute atomic E-state index is 0.0000105. The molecule has 0 aliphatic carbocycles. The summed E-state index contributed by atoms with van der Waals surface area (Å²) in [7, 11) is 0. The van der Waals surface area contributed by atoms with E-state index in [-0.39, 0.29) is 24.8 Å². The summed E-state index contributed by atoms with van der Waals surface area (Å²) < 4.78 is 5.42. The Bertz CT molecular complexity index is 987. The van der Waals surface area contributed by atoms with Gasteiger partial charge in [0.15, 0.2) is 6.61 Å². The van der Waals surface area contributed by atoms with Gasteiger partial charge in [-0.3, -0.25) is 9.59 Å². The van der Waals surface area contributed by atoms with Crippen molar-refractivity contribution in [3.05, 3.63) is 65.0 Å². The lowest BCUT2D eigenvalue weighted by atomic mass is 10.2. The molecule has 1 N–H and O–H groups in total. The van der Waals surface area contributed by atoms with E-state index < -0.39 is 0 Å². The average molecular weight is 393 g/mol. The van der Waals surface area contributed by atoms with Crippen molar-refractivity contribution >= 4 is 28.8 Å². The second-order valence-electron chi connectivity index (χ2n) is 6.32. The normalized spacial score (nSPS) is 13.0. The number of rotatable bonds is 6. The molecule has 0 atom stereocenters. The predicted octanol–water partition coefficient (Wildman–Crippen LogP) is 3.24. The van der Waals surface area contributed by atoms with Gasteiger partial charge < -0.3 is 15.0 Å². The van der Waals surface area contributed by atoms with E-state index in [1.165, 1.54) is 11.3 Å². The van der Waals surface area contributed by atoms with E-state index in [1.54, 1.807) is 4.90 Å². The third kappa shape index (κ3) is 4.04. The van der Waals surface area contributed by atoms with Crippen molar-refractivity contribution in [2.24, 2.45) is 0 Å². The Hall–Kier alpha value is -3.19. The van der Waals surface area contributed by atoms with Crippen molar-refractivity contribution in [1.29, 1.82) is 0 Å². The highest BCUT2D eigenvalue weighted by Gasteiger charge is 2.25. The number of ether oxygens (including phenoxy) is 1. The van der Waals surface area contributed by atoms with Crippen LogP contribution >= 0.6 is 11.3 Å². The summed E-state index contributed by atoms with van der Waals surface area (Å²) in [5.74, 6) is 0.408. The predicted molar refractivity (Wildman–Crippen MR) is 108 cm³/mol. The molecule has 6 nitrogen and oxygen atoms in total. The zero-order valence-corrected chi connectivity index (χ0v) is 15.9. The fraction of sp³-hybridized carbons (Fsp3) is 0.190.